The number of para-hydroxylation sites is 1. The molecule has 144 valence electrons. The molecule has 1 aliphatic rings. The molecule has 0 atom stereocenters. The van der Waals surface area contributed by atoms with Crippen LogP contribution in [0.25, 0.3) is 11.3 Å². The minimum atomic E-state index is -4.12. The van der Waals surface area contributed by atoms with Crippen molar-refractivity contribution in [1.29, 1.82) is 0 Å². The first-order valence-electron chi connectivity index (χ1n) is 8.82. The number of aldehydes is 1. The molecule has 1 saturated carbocycles. The number of rotatable bonds is 6. The molecule has 0 amide bonds. The van der Waals surface area contributed by atoms with E-state index >= 15 is 0 Å². The molecule has 2 aromatic carbocycles. The molecule has 0 aliphatic heterocycles. The third kappa shape index (κ3) is 3.01. The third-order valence-corrected chi connectivity index (χ3v) is 6.53. The van der Waals surface area contributed by atoms with Crippen LogP contribution in [0.1, 0.15) is 34.7 Å². The lowest BCUT2D eigenvalue weighted by atomic mass is 10.0. The lowest BCUT2D eigenvalue weighted by Gasteiger charge is -2.15. The summed E-state index contributed by atoms with van der Waals surface area (Å²) in [6, 6.07) is 11.9. The smallest absolute Gasteiger partial charge is 0.268 e. The zero-order valence-electron chi connectivity index (χ0n) is 15.1. The Morgan fingerprint density at radius 3 is 2.54 bits per heavy atom. The van der Waals surface area contributed by atoms with Gasteiger partial charge in [-0.25, -0.2) is 16.8 Å². The molecule has 0 N–H and O–H groups in total. The molecule has 3 aromatic rings. The second-order valence-corrected chi connectivity index (χ2v) is 8.51. The van der Waals surface area contributed by atoms with Gasteiger partial charge in [-0.3, -0.25) is 4.79 Å². The lowest BCUT2D eigenvalue weighted by Crippen LogP contribution is -2.14. The number of aromatic nitrogens is 1. The van der Waals surface area contributed by atoms with Crippen molar-refractivity contribution in [3.63, 3.8) is 0 Å². The lowest BCUT2D eigenvalue weighted by molar-refractivity contribution is 0.112. The monoisotopic (exact) mass is 399 g/mol. The number of carbonyl (C=O) groups excluding carboxylic acids is 1. The normalized spacial score (nSPS) is 14.1. The molecule has 4 rings (SSSR count). The number of nitrogens with zero attached hydrogens (tertiary/aromatic N) is 1. The van der Waals surface area contributed by atoms with E-state index in [1.54, 1.807) is 24.3 Å². The maximum Gasteiger partial charge on any atom is 0.268 e. The van der Waals surface area contributed by atoms with Crippen LogP contribution in [0.3, 0.4) is 0 Å². The maximum atomic E-state index is 13.7. The van der Waals surface area contributed by atoms with Gasteiger partial charge in [0.25, 0.3) is 10.0 Å². The minimum absolute atomic E-state index is 0.115. The Morgan fingerprint density at radius 1 is 1.14 bits per heavy atom. The Hall–Kier alpha value is -2.93. The number of hydrogen-bond donors (Lipinski definition) is 0. The molecule has 0 spiro atoms. The van der Waals surface area contributed by atoms with E-state index in [1.807, 2.05) is 0 Å². The fourth-order valence-electron chi connectivity index (χ4n) is 3.45. The van der Waals surface area contributed by atoms with Gasteiger partial charge in [-0.05, 0) is 54.7 Å². The summed E-state index contributed by atoms with van der Waals surface area (Å²) in [5.74, 6) is -0.0372. The van der Waals surface area contributed by atoms with Gasteiger partial charge in [0.15, 0.2) is 6.29 Å². The molecule has 1 aliphatic carbocycles. The van der Waals surface area contributed by atoms with E-state index < -0.39 is 15.8 Å². The largest absolute Gasteiger partial charge is 0.496 e. The molecule has 1 fully saturated rings. The van der Waals surface area contributed by atoms with Gasteiger partial charge in [-0.1, -0.05) is 18.2 Å². The number of benzene rings is 2. The second-order valence-electron chi connectivity index (χ2n) is 6.70. The molecule has 5 nitrogen and oxygen atoms in total. The zero-order valence-corrected chi connectivity index (χ0v) is 15.9. The van der Waals surface area contributed by atoms with Gasteiger partial charge in [-0.2, -0.15) is 0 Å². The molecule has 1 heterocycles. The van der Waals surface area contributed by atoms with E-state index in [9.17, 15) is 17.6 Å². The van der Waals surface area contributed by atoms with E-state index in [0.29, 0.717) is 34.4 Å². The summed E-state index contributed by atoms with van der Waals surface area (Å²) in [5, 5.41) is 0. The molecule has 0 unspecified atom stereocenters. The van der Waals surface area contributed by atoms with Gasteiger partial charge in [0.05, 0.1) is 17.7 Å². The van der Waals surface area contributed by atoms with Crippen LogP contribution < -0.4 is 4.74 Å². The molecule has 0 saturated heterocycles. The SMILES string of the molecule is COc1ccccc1-c1c(C2CC2)c(C=O)cn1S(=O)(=O)c1cccc(F)c1. The Bertz CT molecular complexity index is 1160. The van der Waals surface area contributed by atoms with Gasteiger partial charge < -0.3 is 4.74 Å². The Labute approximate surface area is 162 Å². The second kappa shape index (κ2) is 6.91. The highest BCUT2D eigenvalue weighted by Crippen LogP contribution is 2.48. The first-order valence-corrected chi connectivity index (χ1v) is 10.3. The van der Waals surface area contributed by atoms with Crippen LogP contribution in [0.2, 0.25) is 0 Å². The molecular formula is C21H18FNO4S. The highest BCUT2D eigenvalue weighted by atomic mass is 32.2. The fraction of sp³-hybridized carbons (Fsp3) is 0.190. The summed E-state index contributed by atoms with van der Waals surface area (Å²) in [5.41, 5.74) is 1.98. The van der Waals surface area contributed by atoms with Crippen molar-refractivity contribution in [3.8, 4) is 17.0 Å². The summed E-state index contributed by atoms with van der Waals surface area (Å²) in [4.78, 5) is 11.5. The molecular weight excluding hydrogens is 381 g/mol. The highest BCUT2D eigenvalue weighted by molar-refractivity contribution is 7.90. The van der Waals surface area contributed by atoms with Crippen LogP contribution in [0.4, 0.5) is 4.39 Å². The van der Waals surface area contributed by atoms with Gasteiger partial charge in [0.2, 0.25) is 0 Å². The van der Waals surface area contributed by atoms with Crippen LogP contribution in [0, 0.1) is 5.82 Å². The van der Waals surface area contributed by atoms with Gasteiger partial charge in [0, 0.05) is 17.3 Å². The minimum Gasteiger partial charge on any atom is -0.496 e. The molecule has 28 heavy (non-hydrogen) atoms. The Kier molecular flexibility index (Phi) is 4.55. The van der Waals surface area contributed by atoms with Crippen LogP contribution in [0.15, 0.2) is 59.6 Å². The first-order chi connectivity index (χ1) is 13.5. The van der Waals surface area contributed by atoms with Crippen LogP contribution in [0.5, 0.6) is 5.75 Å². The summed E-state index contributed by atoms with van der Waals surface area (Å²) < 4.78 is 46.9. The first kappa shape index (κ1) is 18.4. The van der Waals surface area contributed by atoms with Crippen molar-refractivity contribution in [2.75, 3.05) is 7.11 Å². The Morgan fingerprint density at radius 2 is 1.89 bits per heavy atom. The van der Waals surface area contributed by atoms with Crippen molar-refractivity contribution in [1.82, 2.24) is 3.97 Å². The van der Waals surface area contributed by atoms with Gasteiger partial charge in [0.1, 0.15) is 11.6 Å². The van der Waals surface area contributed by atoms with Crippen molar-refractivity contribution >= 4 is 16.3 Å². The highest BCUT2D eigenvalue weighted by Gasteiger charge is 2.35. The molecule has 7 heteroatoms. The number of carbonyl (C=O) groups is 1. The van der Waals surface area contributed by atoms with Crippen molar-refractivity contribution < 1.29 is 22.3 Å². The van der Waals surface area contributed by atoms with Crippen LogP contribution >= 0.6 is 0 Å². The summed E-state index contributed by atoms with van der Waals surface area (Å²) in [6.45, 7) is 0. The van der Waals surface area contributed by atoms with Crippen molar-refractivity contribution in [2.45, 2.75) is 23.7 Å². The van der Waals surface area contributed by atoms with E-state index in [0.717, 1.165) is 22.9 Å². The fourth-order valence-corrected chi connectivity index (χ4v) is 4.87. The summed E-state index contributed by atoms with van der Waals surface area (Å²) in [7, 11) is -2.62. The maximum absolute atomic E-state index is 13.7. The molecule has 1 aromatic heterocycles. The van der Waals surface area contributed by atoms with Crippen LogP contribution in [-0.4, -0.2) is 25.8 Å². The quantitative estimate of drug-likeness (QED) is 0.582. The van der Waals surface area contributed by atoms with E-state index in [1.165, 1.54) is 31.5 Å². The standard InChI is InChI=1S/C21H18FNO4S/c1-27-19-8-3-2-7-18(19)21-20(14-9-10-14)15(13-24)12-23(21)28(25,26)17-6-4-5-16(22)11-17/h2-8,11-14H,9-10H2,1H3. The molecule has 0 radical (unpaired) electrons. The number of ether oxygens (including phenoxy) is 1. The third-order valence-electron chi connectivity index (χ3n) is 4.87. The zero-order chi connectivity index (χ0) is 19.9. The average Bonchev–Trinajstić information content (AvgIpc) is 3.46. The number of hydrogen-bond acceptors (Lipinski definition) is 4. The van der Waals surface area contributed by atoms with E-state index in [-0.39, 0.29) is 10.8 Å². The number of halogens is 1. The predicted molar refractivity (Wildman–Crippen MR) is 103 cm³/mol. The van der Waals surface area contributed by atoms with E-state index in [2.05, 4.69) is 0 Å². The predicted octanol–water partition coefficient (Wildman–Crippen LogP) is 4.23. The topological polar surface area (TPSA) is 65.4 Å². The summed E-state index contributed by atoms with van der Waals surface area (Å²) in [6.07, 6.45) is 3.76. The van der Waals surface area contributed by atoms with E-state index in [4.69, 9.17) is 4.74 Å². The van der Waals surface area contributed by atoms with Crippen molar-refractivity contribution in [3.05, 3.63) is 71.7 Å². The van der Waals surface area contributed by atoms with Gasteiger partial charge in [-0.15, -0.1) is 0 Å². The average molecular weight is 399 g/mol. The van der Waals surface area contributed by atoms with Crippen LogP contribution in [-0.2, 0) is 10.0 Å². The van der Waals surface area contributed by atoms with Gasteiger partial charge >= 0.3 is 0 Å². The number of methoxy groups -OCH3 is 1. The van der Waals surface area contributed by atoms with Crippen molar-refractivity contribution in [2.24, 2.45) is 0 Å². The summed E-state index contributed by atoms with van der Waals surface area (Å²) >= 11 is 0. The molecule has 0 bridgehead atoms. The Balaban J connectivity index is 2.04.